The van der Waals surface area contributed by atoms with E-state index in [-0.39, 0.29) is 5.91 Å². The molecule has 0 fully saturated rings. The van der Waals surface area contributed by atoms with E-state index < -0.39 is 0 Å². The van der Waals surface area contributed by atoms with Crippen molar-refractivity contribution in [3.63, 3.8) is 0 Å². The Kier molecular flexibility index (Phi) is 5.13. The Hall–Kier alpha value is -3.00. The second-order valence-electron chi connectivity index (χ2n) is 5.72. The van der Waals surface area contributed by atoms with Crippen LogP contribution in [0.15, 0.2) is 36.4 Å². The predicted octanol–water partition coefficient (Wildman–Crippen LogP) is 3.14. The number of carbonyl (C=O) groups excluding carboxylic acids is 1. The van der Waals surface area contributed by atoms with Gasteiger partial charge < -0.3 is 14.4 Å². The van der Waals surface area contributed by atoms with E-state index in [1.807, 2.05) is 37.2 Å². The lowest BCUT2D eigenvalue weighted by molar-refractivity contribution is 0.0962. The van der Waals surface area contributed by atoms with E-state index in [1.54, 1.807) is 32.4 Å². The van der Waals surface area contributed by atoms with Crippen LogP contribution in [0.3, 0.4) is 0 Å². The number of thiazole rings is 1. The molecule has 1 amide bonds. The topological polar surface area (TPSA) is 75.7 Å². The van der Waals surface area contributed by atoms with E-state index in [2.05, 4.69) is 15.8 Å². The van der Waals surface area contributed by atoms with Gasteiger partial charge in [0, 0.05) is 31.4 Å². The lowest BCUT2D eigenvalue weighted by atomic mass is 10.2. The third-order valence-corrected chi connectivity index (χ3v) is 4.74. The zero-order chi connectivity index (χ0) is 18.7. The highest BCUT2D eigenvalue weighted by molar-refractivity contribution is 7.22. The first-order valence-electron chi connectivity index (χ1n) is 7.88. The quantitative estimate of drug-likeness (QED) is 0.648. The van der Waals surface area contributed by atoms with Crippen LogP contribution in [0.25, 0.3) is 10.2 Å². The summed E-state index contributed by atoms with van der Waals surface area (Å²) in [5, 5.41) is 0.560. The minimum absolute atomic E-state index is 0.237. The Morgan fingerprint density at radius 3 is 2.46 bits per heavy atom. The van der Waals surface area contributed by atoms with Crippen LogP contribution >= 0.6 is 11.3 Å². The molecule has 3 aromatic rings. The van der Waals surface area contributed by atoms with Crippen LogP contribution in [0.5, 0.6) is 11.5 Å². The number of hydrogen-bond acceptors (Lipinski definition) is 7. The lowest BCUT2D eigenvalue weighted by Crippen LogP contribution is -2.29. The number of methoxy groups -OCH3 is 2. The van der Waals surface area contributed by atoms with Crippen LogP contribution in [0.2, 0.25) is 0 Å². The molecule has 0 atom stereocenters. The molecule has 0 aliphatic heterocycles. The first-order chi connectivity index (χ1) is 12.5. The SMILES string of the molecule is COc1cc(OC)c2nc(NNC(=O)c3ccc(N(C)C)cc3)sc2c1. The maximum atomic E-state index is 12.3. The largest absolute Gasteiger partial charge is 0.497 e. The average molecular weight is 372 g/mol. The Morgan fingerprint density at radius 1 is 1.12 bits per heavy atom. The summed E-state index contributed by atoms with van der Waals surface area (Å²) in [6.07, 6.45) is 0. The molecule has 3 rings (SSSR count). The van der Waals surface area contributed by atoms with Crippen molar-refractivity contribution in [2.75, 3.05) is 38.6 Å². The summed E-state index contributed by atoms with van der Waals surface area (Å²) < 4.78 is 11.5. The first kappa shape index (κ1) is 17.8. The number of hydrogen-bond donors (Lipinski definition) is 2. The van der Waals surface area contributed by atoms with E-state index in [0.717, 1.165) is 10.4 Å². The fourth-order valence-corrected chi connectivity index (χ4v) is 3.26. The molecule has 0 radical (unpaired) electrons. The first-order valence-corrected chi connectivity index (χ1v) is 8.69. The van der Waals surface area contributed by atoms with Crippen molar-refractivity contribution in [1.29, 1.82) is 0 Å². The van der Waals surface area contributed by atoms with Gasteiger partial charge in [-0.1, -0.05) is 11.3 Å². The van der Waals surface area contributed by atoms with Crippen LogP contribution < -0.4 is 25.2 Å². The van der Waals surface area contributed by atoms with E-state index in [0.29, 0.717) is 27.7 Å². The monoisotopic (exact) mass is 372 g/mol. The summed E-state index contributed by atoms with van der Waals surface area (Å²) in [5.41, 5.74) is 7.83. The Balaban J connectivity index is 1.73. The van der Waals surface area contributed by atoms with Gasteiger partial charge in [-0.3, -0.25) is 15.6 Å². The molecule has 8 heteroatoms. The summed E-state index contributed by atoms with van der Waals surface area (Å²) in [5.74, 6) is 1.07. The van der Waals surface area contributed by atoms with Crippen LogP contribution in [0.4, 0.5) is 10.8 Å². The van der Waals surface area contributed by atoms with Crippen LogP contribution in [-0.4, -0.2) is 39.2 Å². The number of ether oxygens (including phenoxy) is 2. The van der Waals surface area contributed by atoms with Gasteiger partial charge >= 0.3 is 0 Å². The fourth-order valence-electron chi connectivity index (χ4n) is 2.40. The standard InChI is InChI=1S/C18H20N4O3S/c1-22(2)12-7-5-11(6-8-12)17(23)20-21-18-19-16-14(25-4)9-13(24-3)10-15(16)26-18/h5-10H,1-4H3,(H,19,21)(H,20,23). The molecule has 0 saturated heterocycles. The molecule has 1 aromatic heterocycles. The van der Waals surface area contributed by atoms with E-state index >= 15 is 0 Å². The van der Waals surface area contributed by atoms with Gasteiger partial charge in [0.2, 0.25) is 5.13 Å². The normalized spacial score (nSPS) is 10.5. The van der Waals surface area contributed by atoms with E-state index in [9.17, 15) is 4.79 Å². The second-order valence-corrected chi connectivity index (χ2v) is 6.75. The number of anilines is 2. The molecule has 0 spiro atoms. The lowest BCUT2D eigenvalue weighted by Gasteiger charge is -2.12. The molecule has 136 valence electrons. The molecule has 26 heavy (non-hydrogen) atoms. The zero-order valence-electron chi connectivity index (χ0n) is 15.0. The summed E-state index contributed by atoms with van der Waals surface area (Å²) >= 11 is 1.40. The smallest absolute Gasteiger partial charge is 0.269 e. The number of rotatable bonds is 6. The molecule has 0 saturated carbocycles. The van der Waals surface area contributed by atoms with Crippen molar-refractivity contribution < 1.29 is 14.3 Å². The van der Waals surface area contributed by atoms with Gasteiger partial charge in [0.25, 0.3) is 5.91 Å². The highest BCUT2D eigenvalue weighted by Crippen LogP contribution is 2.35. The van der Waals surface area contributed by atoms with Gasteiger partial charge in [0.15, 0.2) is 0 Å². The van der Waals surface area contributed by atoms with E-state index in [4.69, 9.17) is 9.47 Å². The van der Waals surface area contributed by atoms with E-state index in [1.165, 1.54) is 11.3 Å². The molecule has 0 aliphatic carbocycles. The summed E-state index contributed by atoms with van der Waals surface area (Å²) in [7, 11) is 7.09. The van der Waals surface area contributed by atoms with Crippen molar-refractivity contribution in [1.82, 2.24) is 10.4 Å². The zero-order valence-corrected chi connectivity index (χ0v) is 15.8. The highest BCUT2D eigenvalue weighted by Gasteiger charge is 2.12. The van der Waals surface area contributed by atoms with Crippen molar-refractivity contribution >= 4 is 38.3 Å². The van der Waals surface area contributed by atoms with Crippen molar-refractivity contribution in [2.24, 2.45) is 0 Å². The highest BCUT2D eigenvalue weighted by atomic mass is 32.1. The number of aromatic nitrogens is 1. The predicted molar refractivity (Wildman–Crippen MR) is 105 cm³/mol. The van der Waals surface area contributed by atoms with Gasteiger partial charge in [-0.2, -0.15) is 0 Å². The minimum atomic E-state index is -0.237. The Morgan fingerprint density at radius 2 is 1.85 bits per heavy atom. The van der Waals surface area contributed by atoms with Crippen molar-refractivity contribution in [2.45, 2.75) is 0 Å². The molecule has 0 bridgehead atoms. The molecule has 1 heterocycles. The van der Waals surface area contributed by atoms with Crippen LogP contribution in [-0.2, 0) is 0 Å². The van der Waals surface area contributed by atoms with Gasteiger partial charge in [-0.15, -0.1) is 0 Å². The number of carbonyl (C=O) groups is 1. The Bertz CT molecular complexity index is 922. The number of hydrazine groups is 1. The molecular weight excluding hydrogens is 352 g/mol. The van der Waals surface area contributed by atoms with Crippen LogP contribution in [0, 0.1) is 0 Å². The Labute approximate surface area is 155 Å². The maximum absolute atomic E-state index is 12.3. The molecule has 7 nitrogen and oxygen atoms in total. The molecule has 0 unspecified atom stereocenters. The second kappa shape index (κ2) is 7.49. The van der Waals surface area contributed by atoms with Crippen molar-refractivity contribution in [3.8, 4) is 11.5 Å². The third-order valence-electron chi connectivity index (χ3n) is 3.82. The number of nitrogens with zero attached hydrogens (tertiary/aromatic N) is 2. The fraction of sp³-hybridized carbons (Fsp3) is 0.222. The summed E-state index contributed by atoms with van der Waals surface area (Å²) in [6, 6.07) is 11.0. The van der Waals surface area contributed by atoms with Crippen molar-refractivity contribution in [3.05, 3.63) is 42.0 Å². The number of nitrogens with one attached hydrogen (secondary N) is 2. The summed E-state index contributed by atoms with van der Waals surface area (Å²) in [4.78, 5) is 18.7. The average Bonchev–Trinajstić information content (AvgIpc) is 3.08. The van der Waals surface area contributed by atoms with Gasteiger partial charge in [0.1, 0.15) is 17.0 Å². The molecule has 0 aliphatic rings. The summed E-state index contributed by atoms with van der Waals surface area (Å²) in [6.45, 7) is 0. The number of fused-ring (bicyclic) bond motifs is 1. The number of amides is 1. The number of benzene rings is 2. The van der Waals surface area contributed by atoms with Gasteiger partial charge in [-0.25, -0.2) is 4.98 Å². The third kappa shape index (κ3) is 3.65. The molecular formula is C18H20N4O3S. The molecule has 2 N–H and O–H groups in total. The van der Waals surface area contributed by atoms with Gasteiger partial charge in [-0.05, 0) is 30.3 Å². The molecule has 2 aromatic carbocycles. The maximum Gasteiger partial charge on any atom is 0.269 e. The minimum Gasteiger partial charge on any atom is -0.497 e. The van der Waals surface area contributed by atoms with Gasteiger partial charge in [0.05, 0.1) is 18.9 Å². The van der Waals surface area contributed by atoms with Crippen LogP contribution in [0.1, 0.15) is 10.4 Å².